The Morgan fingerprint density at radius 3 is 3.00 bits per heavy atom. The summed E-state index contributed by atoms with van der Waals surface area (Å²) in [6, 6.07) is 5.63. The molecule has 2 rings (SSSR count). The molecule has 0 bridgehead atoms. The fourth-order valence-corrected chi connectivity index (χ4v) is 2.27. The molecular weight excluding hydrogens is 226 g/mol. The van der Waals surface area contributed by atoms with E-state index >= 15 is 0 Å². The van der Waals surface area contributed by atoms with Crippen LogP contribution in [0.2, 0.25) is 5.02 Å². The number of ether oxygens (including phenoxy) is 1. The Labute approximate surface area is 100 Å². The van der Waals surface area contributed by atoms with Gasteiger partial charge in [-0.15, -0.1) is 0 Å². The smallest absolute Gasteiger partial charge is 0.137 e. The van der Waals surface area contributed by atoms with E-state index in [2.05, 4.69) is 5.32 Å². The molecule has 1 atom stereocenters. The van der Waals surface area contributed by atoms with Crippen molar-refractivity contribution in [1.29, 1.82) is 0 Å². The highest BCUT2D eigenvalue weighted by Crippen LogP contribution is 2.28. The maximum absolute atomic E-state index is 10.2. The molecule has 0 radical (unpaired) electrons. The fraction of sp³-hybridized carbons (Fsp3) is 0.500. The van der Waals surface area contributed by atoms with Gasteiger partial charge in [0.25, 0.3) is 0 Å². The number of nitrogens with one attached hydrogen (secondary N) is 1. The summed E-state index contributed by atoms with van der Waals surface area (Å²) in [5, 5.41) is 14.0. The van der Waals surface area contributed by atoms with Crippen LogP contribution in [0.4, 0.5) is 0 Å². The number of benzene rings is 1. The Morgan fingerprint density at radius 2 is 2.38 bits per heavy atom. The summed E-state index contributed by atoms with van der Waals surface area (Å²) in [6.45, 7) is 1.53. The third kappa shape index (κ3) is 2.48. The highest BCUT2D eigenvalue weighted by Gasteiger charge is 2.31. The minimum atomic E-state index is -0.626. The van der Waals surface area contributed by atoms with Gasteiger partial charge in [-0.25, -0.2) is 0 Å². The van der Waals surface area contributed by atoms with Gasteiger partial charge in [-0.3, -0.25) is 0 Å². The van der Waals surface area contributed by atoms with Crippen LogP contribution in [0.25, 0.3) is 0 Å². The largest absolute Gasteiger partial charge is 0.495 e. The van der Waals surface area contributed by atoms with E-state index in [0.717, 1.165) is 18.5 Å². The van der Waals surface area contributed by atoms with Gasteiger partial charge in [0.05, 0.1) is 17.7 Å². The van der Waals surface area contributed by atoms with Gasteiger partial charge >= 0.3 is 0 Å². The molecule has 1 fully saturated rings. The highest BCUT2D eigenvalue weighted by atomic mass is 35.5. The van der Waals surface area contributed by atoms with Crippen LogP contribution in [-0.2, 0) is 6.42 Å². The summed E-state index contributed by atoms with van der Waals surface area (Å²) in [6.07, 6.45) is 1.42. The molecule has 1 aromatic carbocycles. The van der Waals surface area contributed by atoms with Gasteiger partial charge in [0.1, 0.15) is 5.75 Å². The van der Waals surface area contributed by atoms with Crippen LogP contribution >= 0.6 is 11.6 Å². The average Bonchev–Trinajstić information content (AvgIpc) is 2.68. The summed E-state index contributed by atoms with van der Waals surface area (Å²) < 4.78 is 5.15. The Kier molecular flexibility index (Phi) is 3.38. The van der Waals surface area contributed by atoms with Crippen LogP contribution in [0.1, 0.15) is 12.0 Å². The maximum atomic E-state index is 10.2. The predicted octanol–water partition coefficient (Wildman–Crippen LogP) is 1.62. The molecule has 1 unspecified atom stereocenters. The van der Waals surface area contributed by atoms with Crippen molar-refractivity contribution in [3.8, 4) is 5.75 Å². The Bertz CT molecular complexity index is 375. The minimum Gasteiger partial charge on any atom is -0.495 e. The average molecular weight is 242 g/mol. The summed E-state index contributed by atoms with van der Waals surface area (Å²) in [5.74, 6) is 0.661. The van der Waals surface area contributed by atoms with Crippen LogP contribution in [-0.4, -0.2) is 30.9 Å². The molecule has 2 N–H and O–H groups in total. The Hall–Kier alpha value is -0.770. The normalized spacial score (nSPS) is 24.7. The summed E-state index contributed by atoms with van der Waals surface area (Å²) in [4.78, 5) is 0. The number of hydrogen-bond donors (Lipinski definition) is 2. The van der Waals surface area contributed by atoms with Crippen molar-refractivity contribution in [3.63, 3.8) is 0 Å². The zero-order valence-corrected chi connectivity index (χ0v) is 10.0. The summed E-state index contributed by atoms with van der Waals surface area (Å²) >= 11 is 5.95. The van der Waals surface area contributed by atoms with Gasteiger partial charge in [-0.2, -0.15) is 0 Å². The first kappa shape index (κ1) is 11.7. The summed E-state index contributed by atoms with van der Waals surface area (Å²) in [7, 11) is 1.59. The van der Waals surface area contributed by atoms with Crippen molar-refractivity contribution in [2.45, 2.75) is 18.4 Å². The lowest BCUT2D eigenvalue weighted by Gasteiger charge is -2.21. The van der Waals surface area contributed by atoms with Gasteiger partial charge in [0.2, 0.25) is 0 Å². The fourth-order valence-electron chi connectivity index (χ4n) is 2.08. The van der Waals surface area contributed by atoms with E-state index in [4.69, 9.17) is 16.3 Å². The van der Waals surface area contributed by atoms with Crippen LogP contribution in [0.5, 0.6) is 5.75 Å². The molecule has 0 aliphatic carbocycles. The van der Waals surface area contributed by atoms with Gasteiger partial charge in [-0.05, 0) is 30.7 Å². The topological polar surface area (TPSA) is 41.5 Å². The zero-order chi connectivity index (χ0) is 11.6. The molecule has 1 heterocycles. The Balaban J connectivity index is 2.15. The van der Waals surface area contributed by atoms with E-state index in [1.165, 1.54) is 0 Å². The van der Waals surface area contributed by atoms with Crippen LogP contribution in [0.3, 0.4) is 0 Å². The van der Waals surface area contributed by atoms with Gasteiger partial charge < -0.3 is 15.2 Å². The number of aliphatic hydroxyl groups is 1. The van der Waals surface area contributed by atoms with Crippen molar-refractivity contribution >= 4 is 11.6 Å². The lowest BCUT2D eigenvalue weighted by atomic mass is 9.94. The van der Waals surface area contributed by atoms with Crippen LogP contribution in [0, 0.1) is 0 Å². The number of methoxy groups -OCH3 is 1. The van der Waals surface area contributed by atoms with Crippen LogP contribution in [0.15, 0.2) is 18.2 Å². The van der Waals surface area contributed by atoms with E-state index in [1.54, 1.807) is 7.11 Å². The second-order valence-corrected chi connectivity index (χ2v) is 4.70. The van der Waals surface area contributed by atoms with E-state index < -0.39 is 5.60 Å². The van der Waals surface area contributed by atoms with Crippen molar-refractivity contribution in [2.24, 2.45) is 0 Å². The first-order valence-electron chi connectivity index (χ1n) is 5.38. The molecule has 0 saturated carbocycles. The lowest BCUT2D eigenvalue weighted by Crippen LogP contribution is -2.33. The van der Waals surface area contributed by atoms with E-state index in [9.17, 15) is 5.11 Å². The molecule has 16 heavy (non-hydrogen) atoms. The zero-order valence-electron chi connectivity index (χ0n) is 9.29. The summed E-state index contributed by atoms with van der Waals surface area (Å²) in [5.41, 5.74) is 0.422. The predicted molar refractivity (Wildman–Crippen MR) is 64.1 cm³/mol. The van der Waals surface area contributed by atoms with Crippen LogP contribution < -0.4 is 10.1 Å². The van der Waals surface area contributed by atoms with Crippen molar-refractivity contribution < 1.29 is 9.84 Å². The quantitative estimate of drug-likeness (QED) is 0.845. The molecule has 0 aromatic heterocycles. The molecule has 1 saturated heterocycles. The molecule has 3 nitrogen and oxygen atoms in total. The Morgan fingerprint density at radius 1 is 1.56 bits per heavy atom. The standard InChI is InChI=1S/C12H16ClNO2/c1-16-11-6-9(2-3-10(11)13)7-12(15)4-5-14-8-12/h2-3,6,14-15H,4-5,7-8H2,1H3. The number of rotatable bonds is 3. The highest BCUT2D eigenvalue weighted by molar-refractivity contribution is 6.32. The SMILES string of the molecule is COc1cc(CC2(O)CCNC2)ccc1Cl. The van der Waals surface area contributed by atoms with Crippen molar-refractivity contribution in [2.75, 3.05) is 20.2 Å². The van der Waals surface area contributed by atoms with Gasteiger partial charge in [0, 0.05) is 13.0 Å². The number of halogens is 1. The molecule has 88 valence electrons. The first-order valence-corrected chi connectivity index (χ1v) is 5.76. The van der Waals surface area contributed by atoms with E-state index in [0.29, 0.717) is 23.7 Å². The van der Waals surface area contributed by atoms with Gasteiger partial charge in [0.15, 0.2) is 0 Å². The third-order valence-electron chi connectivity index (χ3n) is 2.97. The minimum absolute atomic E-state index is 0.600. The molecule has 1 aromatic rings. The first-order chi connectivity index (χ1) is 7.63. The van der Waals surface area contributed by atoms with Gasteiger partial charge in [-0.1, -0.05) is 17.7 Å². The molecule has 1 aliphatic rings. The van der Waals surface area contributed by atoms with Crippen molar-refractivity contribution in [1.82, 2.24) is 5.32 Å². The molecule has 1 aliphatic heterocycles. The molecular formula is C12H16ClNO2. The number of β-amino-alcohol motifs (C(OH)–C–C–N with tert-alkyl or cyclic N) is 1. The van der Waals surface area contributed by atoms with E-state index in [-0.39, 0.29) is 0 Å². The second kappa shape index (κ2) is 4.62. The van der Waals surface area contributed by atoms with Crippen molar-refractivity contribution in [3.05, 3.63) is 28.8 Å². The second-order valence-electron chi connectivity index (χ2n) is 4.30. The molecule has 0 amide bonds. The maximum Gasteiger partial charge on any atom is 0.137 e. The molecule has 0 spiro atoms. The monoisotopic (exact) mass is 241 g/mol. The van der Waals surface area contributed by atoms with E-state index in [1.807, 2.05) is 18.2 Å². The third-order valence-corrected chi connectivity index (χ3v) is 3.28. The molecule has 4 heteroatoms. The number of hydrogen-bond acceptors (Lipinski definition) is 3. The lowest BCUT2D eigenvalue weighted by molar-refractivity contribution is 0.0618.